The van der Waals surface area contributed by atoms with Crippen molar-refractivity contribution < 1.29 is 9.59 Å². The van der Waals surface area contributed by atoms with Gasteiger partial charge in [0.1, 0.15) is 0 Å². The van der Waals surface area contributed by atoms with E-state index in [0.29, 0.717) is 5.56 Å². The summed E-state index contributed by atoms with van der Waals surface area (Å²) < 4.78 is 0. The van der Waals surface area contributed by atoms with Gasteiger partial charge in [0.2, 0.25) is 5.91 Å². The lowest BCUT2D eigenvalue weighted by Crippen LogP contribution is -2.32. The minimum absolute atomic E-state index is 0.0559. The highest BCUT2D eigenvalue weighted by Crippen LogP contribution is 2.21. The van der Waals surface area contributed by atoms with Crippen molar-refractivity contribution in [3.05, 3.63) is 59.2 Å². The van der Waals surface area contributed by atoms with Crippen LogP contribution in [0, 0.1) is 13.8 Å². The molecular weight excluding hydrogens is 326 g/mol. The Bertz CT molecular complexity index is 793. The summed E-state index contributed by atoms with van der Waals surface area (Å²) in [5.41, 5.74) is 4.68. The van der Waals surface area contributed by atoms with Gasteiger partial charge in [-0.1, -0.05) is 6.07 Å². The van der Waals surface area contributed by atoms with Gasteiger partial charge in [0.15, 0.2) is 0 Å². The molecule has 2 aromatic carbocycles. The Balaban J connectivity index is 1.50. The first-order valence-electron chi connectivity index (χ1n) is 9.03. The number of carbonyl (C=O) groups is 2. The van der Waals surface area contributed by atoms with Crippen LogP contribution < -0.4 is 15.5 Å². The fraction of sp³-hybridized carbons (Fsp3) is 0.333. The summed E-state index contributed by atoms with van der Waals surface area (Å²) in [5.74, 6) is -0.483. The van der Waals surface area contributed by atoms with Gasteiger partial charge in [-0.3, -0.25) is 9.59 Å². The largest absolute Gasteiger partial charge is 0.372 e. The van der Waals surface area contributed by atoms with Crippen molar-refractivity contribution in [3.8, 4) is 0 Å². The van der Waals surface area contributed by atoms with Gasteiger partial charge in [-0.2, -0.15) is 0 Å². The molecule has 0 aliphatic carbocycles. The van der Waals surface area contributed by atoms with E-state index < -0.39 is 0 Å². The molecule has 0 aromatic heterocycles. The van der Waals surface area contributed by atoms with Gasteiger partial charge < -0.3 is 15.5 Å². The maximum Gasteiger partial charge on any atom is 0.251 e. The lowest BCUT2D eigenvalue weighted by Gasteiger charge is -2.17. The summed E-state index contributed by atoms with van der Waals surface area (Å²) in [4.78, 5) is 26.6. The quantitative estimate of drug-likeness (QED) is 0.869. The van der Waals surface area contributed by atoms with Crippen molar-refractivity contribution in [2.75, 3.05) is 29.9 Å². The van der Waals surface area contributed by atoms with Crippen LogP contribution in [0.1, 0.15) is 34.3 Å². The summed E-state index contributed by atoms with van der Waals surface area (Å²) in [7, 11) is 0. The summed E-state index contributed by atoms with van der Waals surface area (Å²) >= 11 is 0. The number of nitrogens with zero attached hydrogens (tertiary/aromatic N) is 1. The van der Waals surface area contributed by atoms with Crippen molar-refractivity contribution in [2.24, 2.45) is 0 Å². The van der Waals surface area contributed by atoms with Gasteiger partial charge >= 0.3 is 0 Å². The van der Waals surface area contributed by atoms with E-state index in [4.69, 9.17) is 0 Å². The third kappa shape index (κ3) is 4.42. The Morgan fingerprint density at radius 2 is 1.65 bits per heavy atom. The average Bonchev–Trinajstić information content (AvgIpc) is 3.17. The van der Waals surface area contributed by atoms with E-state index in [9.17, 15) is 9.59 Å². The topological polar surface area (TPSA) is 61.4 Å². The second-order valence-corrected chi connectivity index (χ2v) is 6.77. The minimum atomic E-state index is -0.243. The number of benzene rings is 2. The Kier molecular flexibility index (Phi) is 5.56. The standard InChI is InChI=1S/C21H25N3O2/c1-15-5-6-17(13-16(15)2)21(26)22-14-20(25)23-18-7-9-19(10-8-18)24-11-3-4-12-24/h5-10,13H,3-4,11-12,14H2,1-2H3,(H,22,26)(H,23,25). The molecule has 0 unspecified atom stereocenters. The molecule has 5 nitrogen and oxygen atoms in total. The molecular formula is C21H25N3O2. The molecule has 0 spiro atoms. The van der Waals surface area contributed by atoms with Crippen LogP contribution in [0.15, 0.2) is 42.5 Å². The van der Waals surface area contributed by atoms with Crippen LogP contribution in [-0.4, -0.2) is 31.4 Å². The van der Waals surface area contributed by atoms with E-state index in [1.165, 1.54) is 18.5 Å². The van der Waals surface area contributed by atoms with Gasteiger partial charge in [-0.15, -0.1) is 0 Å². The summed E-state index contributed by atoms with van der Waals surface area (Å²) in [5, 5.41) is 5.48. The summed E-state index contributed by atoms with van der Waals surface area (Å²) in [6.07, 6.45) is 2.47. The smallest absolute Gasteiger partial charge is 0.251 e. The van der Waals surface area contributed by atoms with Crippen LogP contribution in [0.5, 0.6) is 0 Å². The Hall–Kier alpha value is -2.82. The van der Waals surface area contributed by atoms with E-state index >= 15 is 0 Å². The fourth-order valence-corrected chi connectivity index (χ4v) is 3.08. The van der Waals surface area contributed by atoms with E-state index in [2.05, 4.69) is 15.5 Å². The number of hydrogen-bond acceptors (Lipinski definition) is 3. The number of nitrogens with one attached hydrogen (secondary N) is 2. The zero-order valence-electron chi connectivity index (χ0n) is 15.3. The predicted octanol–water partition coefficient (Wildman–Crippen LogP) is 3.27. The molecule has 1 aliphatic heterocycles. The van der Waals surface area contributed by atoms with Crippen LogP contribution >= 0.6 is 0 Å². The predicted molar refractivity (Wildman–Crippen MR) is 105 cm³/mol. The van der Waals surface area contributed by atoms with Gasteiger partial charge in [-0.05, 0) is 74.2 Å². The second kappa shape index (κ2) is 8.04. The molecule has 1 heterocycles. The number of rotatable bonds is 5. The van der Waals surface area contributed by atoms with Gasteiger partial charge in [0, 0.05) is 30.0 Å². The average molecular weight is 351 g/mol. The van der Waals surface area contributed by atoms with Crippen LogP contribution in [0.25, 0.3) is 0 Å². The van der Waals surface area contributed by atoms with Crippen LogP contribution in [-0.2, 0) is 4.79 Å². The third-order valence-corrected chi connectivity index (χ3v) is 4.80. The van der Waals surface area contributed by atoms with Crippen molar-refractivity contribution in [3.63, 3.8) is 0 Å². The van der Waals surface area contributed by atoms with E-state index in [0.717, 1.165) is 29.9 Å². The molecule has 0 saturated carbocycles. The first-order valence-corrected chi connectivity index (χ1v) is 9.03. The second-order valence-electron chi connectivity index (χ2n) is 6.77. The first-order chi connectivity index (χ1) is 12.5. The maximum atomic E-state index is 12.2. The van der Waals surface area contributed by atoms with E-state index in [-0.39, 0.29) is 18.4 Å². The Morgan fingerprint density at radius 3 is 2.31 bits per heavy atom. The molecule has 0 bridgehead atoms. The third-order valence-electron chi connectivity index (χ3n) is 4.80. The van der Waals surface area contributed by atoms with Crippen molar-refractivity contribution in [1.29, 1.82) is 0 Å². The normalized spacial score (nSPS) is 13.5. The highest BCUT2D eigenvalue weighted by molar-refractivity contribution is 5.99. The minimum Gasteiger partial charge on any atom is -0.372 e. The van der Waals surface area contributed by atoms with Crippen LogP contribution in [0.4, 0.5) is 11.4 Å². The SMILES string of the molecule is Cc1ccc(C(=O)NCC(=O)Nc2ccc(N3CCCC3)cc2)cc1C. The molecule has 1 saturated heterocycles. The van der Waals surface area contributed by atoms with Crippen LogP contribution in [0.2, 0.25) is 0 Å². The van der Waals surface area contributed by atoms with Crippen molar-refractivity contribution in [1.82, 2.24) is 5.32 Å². The molecule has 0 atom stereocenters. The van der Waals surface area contributed by atoms with Crippen molar-refractivity contribution >= 4 is 23.2 Å². The lowest BCUT2D eigenvalue weighted by atomic mass is 10.1. The fourth-order valence-electron chi connectivity index (χ4n) is 3.08. The van der Waals surface area contributed by atoms with Crippen molar-refractivity contribution in [2.45, 2.75) is 26.7 Å². The molecule has 26 heavy (non-hydrogen) atoms. The number of amides is 2. The van der Waals surface area contributed by atoms with Crippen LogP contribution in [0.3, 0.4) is 0 Å². The Labute approximate surface area is 154 Å². The first kappa shape index (κ1) is 18.0. The van der Waals surface area contributed by atoms with Gasteiger partial charge in [0.05, 0.1) is 6.54 Å². The summed E-state index contributed by atoms with van der Waals surface area (Å²) in [6, 6.07) is 13.4. The number of hydrogen-bond donors (Lipinski definition) is 2. The molecule has 136 valence electrons. The highest BCUT2D eigenvalue weighted by Gasteiger charge is 2.12. The lowest BCUT2D eigenvalue weighted by molar-refractivity contribution is -0.115. The van der Waals surface area contributed by atoms with Gasteiger partial charge in [0.25, 0.3) is 5.91 Å². The molecule has 2 amide bonds. The number of anilines is 2. The Morgan fingerprint density at radius 1 is 0.962 bits per heavy atom. The highest BCUT2D eigenvalue weighted by atomic mass is 16.2. The maximum absolute atomic E-state index is 12.2. The molecule has 2 N–H and O–H groups in total. The number of carbonyl (C=O) groups excluding carboxylic acids is 2. The molecule has 1 fully saturated rings. The molecule has 3 rings (SSSR count). The molecule has 1 aliphatic rings. The monoisotopic (exact) mass is 351 g/mol. The van der Waals surface area contributed by atoms with E-state index in [1.54, 1.807) is 6.07 Å². The van der Waals surface area contributed by atoms with E-state index in [1.807, 2.05) is 50.2 Å². The zero-order chi connectivity index (χ0) is 18.5. The molecule has 5 heteroatoms. The molecule has 0 radical (unpaired) electrons. The number of aryl methyl sites for hydroxylation is 2. The summed E-state index contributed by atoms with van der Waals surface area (Å²) in [6.45, 7) is 6.09. The zero-order valence-corrected chi connectivity index (χ0v) is 15.3. The molecule has 2 aromatic rings. The van der Waals surface area contributed by atoms with Gasteiger partial charge in [-0.25, -0.2) is 0 Å².